The van der Waals surface area contributed by atoms with Crippen LogP contribution in [0, 0.1) is 0 Å². The Hall–Kier alpha value is -1.92. The maximum Gasteiger partial charge on any atom is 0.251 e. The standard InChI is InChI=1S/C14H17N3O3/c18-9-14(3-5-20-6-4-14)16-13(19)10-1-2-11-8-15-17-12(11)7-10/h1-2,7-8,18H,3-6,9H2,(H,15,17)(H,16,19). The highest BCUT2D eigenvalue weighted by Gasteiger charge is 2.33. The summed E-state index contributed by atoms with van der Waals surface area (Å²) >= 11 is 0. The third-order valence-electron chi connectivity index (χ3n) is 3.84. The number of carbonyl (C=O) groups is 1. The van der Waals surface area contributed by atoms with E-state index in [2.05, 4.69) is 15.5 Å². The van der Waals surface area contributed by atoms with Crippen LogP contribution in [0.15, 0.2) is 24.4 Å². The zero-order chi connectivity index (χ0) is 14.0. The fraction of sp³-hybridized carbons (Fsp3) is 0.429. The van der Waals surface area contributed by atoms with Gasteiger partial charge in [0.2, 0.25) is 0 Å². The summed E-state index contributed by atoms with van der Waals surface area (Å²) in [6, 6.07) is 5.38. The average molecular weight is 275 g/mol. The minimum Gasteiger partial charge on any atom is -0.394 e. The zero-order valence-electron chi connectivity index (χ0n) is 11.1. The number of H-pyrrole nitrogens is 1. The first kappa shape index (κ1) is 13.1. The first-order chi connectivity index (χ1) is 9.72. The summed E-state index contributed by atoms with van der Waals surface area (Å²) in [6.45, 7) is 1.04. The second kappa shape index (κ2) is 5.22. The van der Waals surface area contributed by atoms with Crippen molar-refractivity contribution < 1.29 is 14.6 Å². The molecule has 0 bridgehead atoms. The highest BCUT2D eigenvalue weighted by atomic mass is 16.5. The molecule has 3 N–H and O–H groups in total. The second-order valence-electron chi connectivity index (χ2n) is 5.18. The number of aliphatic hydroxyl groups excluding tert-OH is 1. The molecule has 0 atom stereocenters. The van der Waals surface area contributed by atoms with Crippen LogP contribution in [0.5, 0.6) is 0 Å². The van der Waals surface area contributed by atoms with E-state index in [4.69, 9.17) is 4.74 Å². The lowest BCUT2D eigenvalue weighted by Crippen LogP contribution is -2.54. The molecule has 1 aliphatic heterocycles. The van der Waals surface area contributed by atoms with Crippen molar-refractivity contribution in [3.63, 3.8) is 0 Å². The van der Waals surface area contributed by atoms with E-state index in [1.165, 1.54) is 0 Å². The molecular weight excluding hydrogens is 258 g/mol. The van der Waals surface area contributed by atoms with Crippen molar-refractivity contribution in [2.45, 2.75) is 18.4 Å². The third-order valence-corrected chi connectivity index (χ3v) is 3.84. The SMILES string of the molecule is O=C(NC1(CO)CCOCC1)c1ccc2cn[nH]c2c1. The number of rotatable bonds is 3. The van der Waals surface area contributed by atoms with Gasteiger partial charge in [-0.2, -0.15) is 5.10 Å². The van der Waals surface area contributed by atoms with Crippen LogP contribution in [0.1, 0.15) is 23.2 Å². The molecule has 0 spiro atoms. The molecule has 2 aromatic rings. The van der Waals surface area contributed by atoms with E-state index in [0.29, 0.717) is 31.6 Å². The molecule has 0 saturated carbocycles. The summed E-state index contributed by atoms with van der Waals surface area (Å²) in [7, 11) is 0. The van der Waals surface area contributed by atoms with Crippen molar-refractivity contribution in [3.05, 3.63) is 30.0 Å². The maximum atomic E-state index is 12.3. The number of ether oxygens (including phenoxy) is 1. The fourth-order valence-corrected chi connectivity index (χ4v) is 2.48. The average Bonchev–Trinajstić information content (AvgIpc) is 2.95. The van der Waals surface area contributed by atoms with Gasteiger partial charge in [-0.25, -0.2) is 0 Å². The number of nitrogens with zero attached hydrogens (tertiary/aromatic N) is 1. The molecule has 0 aliphatic carbocycles. The van der Waals surface area contributed by atoms with Gasteiger partial charge in [-0.3, -0.25) is 9.89 Å². The fourth-order valence-electron chi connectivity index (χ4n) is 2.48. The maximum absolute atomic E-state index is 12.3. The number of aliphatic hydroxyl groups is 1. The molecule has 106 valence electrons. The topological polar surface area (TPSA) is 87.2 Å². The van der Waals surface area contributed by atoms with Gasteiger partial charge >= 0.3 is 0 Å². The summed E-state index contributed by atoms with van der Waals surface area (Å²) in [5.74, 6) is -0.183. The van der Waals surface area contributed by atoms with Gasteiger partial charge in [0.05, 0.1) is 23.9 Å². The van der Waals surface area contributed by atoms with Crippen molar-refractivity contribution >= 4 is 16.8 Å². The lowest BCUT2D eigenvalue weighted by atomic mass is 9.90. The van der Waals surface area contributed by atoms with Gasteiger partial charge in [-0.05, 0) is 25.0 Å². The molecule has 3 rings (SSSR count). The highest BCUT2D eigenvalue weighted by Crippen LogP contribution is 2.21. The van der Waals surface area contributed by atoms with E-state index >= 15 is 0 Å². The summed E-state index contributed by atoms with van der Waals surface area (Å²) in [5.41, 5.74) is 0.807. The van der Waals surface area contributed by atoms with Crippen molar-refractivity contribution in [2.24, 2.45) is 0 Å². The minimum atomic E-state index is -0.571. The molecule has 1 aromatic carbocycles. The Kier molecular flexibility index (Phi) is 3.42. The normalized spacial score (nSPS) is 18.1. The molecule has 1 amide bonds. The number of fused-ring (bicyclic) bond motifs is 1. The first-order valence-electron chi connectivity index (χ1n) is 6.67. The number of hydrogen-bond donors (Lipinski definition) is 3. The number of carbonyl (C=O) groups excluding carboxylic acids is 1. The van der Waals surface area contributed by atoms with E-state index in [1.807, 2.05) is 6.07 Å². The summed E-state index contributed by atoms with van der Waals surface area (Å²) in [6.07, 6.45) is 2.97. The molecule has 1 saturated heterocycles. The van der Waals surface area contributed by atoms with Gasteiger partial charge < -0.3 is 15.2 Å². The molecule has 20 heavy (non-hydrogen) atoms. The largest absolute Gasteiger partial charge is 0.394 e. The van der Waals surface area contributed by atoms with Crippen LogP contribution in [0.2, 0.25) is 0 Å². The van der Waals surface area contributed by atoms with E-state index < -0.39 is 5.54 Å². The Morgan fingerprint density at radius 3 is 3.00 bits per heavy atom. The quantitative estimate of drug-likeness (QED) is 0.774. The number of aromatic nitrogens is 2. The van der Waals surface area contributed by atoms with E-state index in [9.17, 15) is 9.90 Å². The van der Waals surface area contributed by atoms with E-state index in [-0.39, 0.29) is 12.5 Å². The van der Waals surface area contributed by atoms with Crippen LogP contribution in [-0.2, 0) is 4.74 Å². The van der Waals surface area contributed by atoms with E-state index in [0.717, 1.165) is 10.9 Å². The summed E-state index contributed by atoms with van der Waals surface area (Å²) < 4.78 is 5.29. The van der Waals surface area contributed by atoms with Gasteiger partial charge in [0.25, 0.3) is 5.91 Å². The number of benzene rings is 1. The number of aromatic amines is 1. The predicted molar refractivity (Wildman–Crippen MR) is 73.4 cm³/mol. The van der Waals surface area contributed by atoms with Gasteiger partial charge in [-0.15, -0.1) is 0 Å². The number of amides is 1. The smallest absolute Gasteiger partial charge is 0.251 e. The molecule has 1 aromatic heterocycles. The number of nitrogens with one attached hydrogen (secondary N) is 2. The summed E-state index contributed by atoms with van der Waals surface area (Å²) in [5, 5.41) is 20.3. The van der Waals surface area contributed by atoms with Crippen LogP contribution in [0.3, 0.4) is 0 Å². The molecular formula is C14H17N3O3. The van der Waals surface area contributed by atoms with Gasteiger partial charge in [-0.1, -0.05) is 6.07 Å². The molecule has 2 heterocycles. The number of hydrogen-bond acceptors (Lipinski definition) is 4. The van der Waals surface area contributed by atoms with Gasteiger partial charge in [0.1, 0.15) is 0 Å². The van der Waals surface area contributed by atoms with Crippen molar-refractivity contribution in [1.29, 1.82) is 0 Å². The van der Waals surface area contributed by atoms with Crippen LogP contribution in [0.4, 0.5) is 0 Å². The Morgan fingerprint density at radius 1 is 1.45 bits per heavy atom. The second-order valence-corrected chi connectivity index (χ2v) is 5.18. The Bertz CT molecular complexity index is 617. The summed E-state index contributed by atoms with van der Waals surface area (Å²) in [4.78, 5) is 12.3. The molecule has 0 unspecified atom stereocenters. The van der Waals surface area contributed by atoms with Gasteiger partial charge in [0.15, 0.2) is 0 Å². The minimum absolute atomic E-state index is 0.0750. The van der Waals surface area contributed by atoms with Gasteiger partial charge in [0, 0.05) is 24.2 Å². The van der Waals surface area contributed by atoms with E-state index in [1.54, 1.807) is 18.3 Å². The zero-order valence-corrected chi connectivity index (χ0v) is 11.1. The Labute approximate surface area is 116 Å². The van der Waals surface area contributed by atoms with Crippen LogP contribution >= 0.6 is 0 Å². The Balaban J connectivity index is 1.80. The van der Waals surface area contributed by atoms with Crippen LogP contribution < -0.4 is 5.32 Å². The van der Waals surface area contributed by atoms with Crippen LogP contribution in [0.25, 0.3) is 10.9 Å². The van der Waals surface area contributed by atoms with Crippen LogP contribution in [-0.4, -0.2) is 46.6 Å². The Morgan fingerprint density at radius 2 is 2.25 bits per heavy atom. The molecule has 1 aliphatic rings. The molecule has 0 radical (unpaired) electrons. The molecule has 6 nitrogen and oxygen atoms in total. The highest BCUT2D eigenvalue weighted by molar-refractivity contribution is 5.98. The third kappa shape index (κ3) is 2.39. The first-order valence-corrected chi connectivity index (χ1v) is 6.67. The van der Waals surface area contributed by atoms with Crippen molar-refractivity contribution in [3.8, 4) is 0 Å². The monoisotopic (exact) mass is 275 g/mol. The lowest BCUT2D eigenvalue weighted by Gasteiger charge is -2.36. The molecule has 1 fully saturated rings. The lowest BCUT2D eigenvalue weighted by molar-refractivity contribution is 0.0125. The van der Waals surface area contributed by atoms with Crippen molar-refractivity contribution in [2.75, 3.05) is 19.8 Å². The predicted octanol–water partition coefficient (Wildman–Crippen LogP) is 0.834. The van der Waals surface area contributed by atoms with Crippen molar-refractivity contribution in [1.82, 2.24) is 15.5 Å². The molecule has 6 heteroatoms.